The number of ether oxygens (including phenoxy) is 3. The van der Waals surface area contributed by atoms with E-state index in [1.165, 1.54) is 11.3 Å². The Bertz CT molecular complexity index is 1030. The van der Waals surface area contributed by atoms with Gasteiger partial charge in [0, 0.05) is 23.1 Å². The molecule has 4 rings (SSSR count). The monoisotopic (exact) mass is 430 g/mol. The number of nitrogens with zero attached hydrogens (tertiary/aromatic N) is 1. The lowest BCUT2D eigenvalue weighted by molar-refractivity contribution is 0.102. The maximum atomic E-state index is 12.6. The molecule has 8 heteroatoms. The summed E-state index contributed by atoms with van der Waals surface area (Å²) >= 11 is 7.66. The molecular weight excluding hydrogens is 412 g/mol. The van der Waals surface area contributed by atoms with E-state index in [-0.39, 0.29) is 12.0 Å². The second kappa shape index (κ2) is 8.31. The molecule has 29 heavy (non-hydrogen) atoms. The van der Waals surface area contributed by atoms with E-state index in [1.54, 1.807) is 17.5 Å². The van der Waals surface area contributed by atoms with Gasteiger partial charge in [0.25, 0.3) is 5.91 Å². The number of thiazole rings is 1. The molecule has 2 heterocycles. The Balaban J connectivity index is 1.49. The molecule has 0 saturated heterocycles. The van der Waals surface area contributed by atoms with Gasteiger partial charge in [-0.2, -0.15) is 0 Å². The van der Waals surface area contributed by atoms with Crippen molar-refractivity contribution >= 4 is 34.5 Å². The first-order chi connectivity index (χ1) is 14.0. The first kappa shape index (κ1) is 19.5. The summed E-state index contributed by atoms with van der Waals surface area (Å²) in [6.07, 6.45) is 0.114. The summed E-state index contributed by atoms with van der Waals surface area (Å²) in [5.41, 5.74) is 1.69. The molecule has 1 N–H and O–H groups in total. The Morgan fingerprint density at radius 1 is 1.17 bits per heavy atom. The normalized spacial score (nSPS) is 12.7. The van der Waals surface area contributed by atoms with Crippen molar-refractivity contribution in [1.82, 2.24) is 4.98 Å². The van der Waals surface area contributed by atoms with Crippen molar-refractivity contribution in [2.45, 2.75) is 20.0 Å². The third-order valence-corrected chi connectivity index (χ3v) is 5.29. The molecule has 3 aromatic rings. The molecule has 2 aromatic carbocycles. The predicted octanol–water partition coefficient (Wildman–Crippen LogP) is 5.27. The predicted molar refractivity (Wildman–Crippen MR) is 114 cm³/mol. The van der Waals surface area contributed by atoms with E-state index >= 15 is 0 Å². The first-order valence-electron chi connectivity index (χ1n) is 9.13. The van der Waals surface area contributed by atoms with E-state index in [4.69, 9.17) is 25.8 Å². The molecule has 1 amide bonds. The molecule has 0 atom stereocenters. The molecule has 1 aliphatic heterocycles. The van der Waals surface area contributed by atoms with Gasteiger partial charge in [-0.05, 0) is 38.1 Å². The molecule has 0 spiro atoms. The molecule has 6 nitrogen and oxygen atoms in total. The van der Waals surface area contributed by atoms with E-state index in [9.17, 15) is 4.79 Å². The van der Waals surface area contributed by atoms with Crippen molar-refractivity contribution in [2.24, 2.45) is 0 Å². The highest BCUT2D eigenvalue weighted by Gasteiger charge is 2.18. The molecule has 0 radical (unpaired) electrons. The van der Waals surface area contributed by atoms with Crippen LogP contribution in [0.25, 0.3) is 10.6 Å². The highest BCUT2D eigenvalue weighted by Crippen LogP contribution is 2.38. The Kier molecular flexibility index (Phi) is 5.60. The van der Waals surface area contributed by atoms with Gasteiger partial charge in [-0.25, -0.2) is 4.98 Å². The fourth-order valence-electron chi connectivity index (χ4n) is 2.80. The summed E-state index contributed by atoms with van der Waals surface area (Å²) in [6, 6.07) is 10.9. The minimum Gasteiger partial charge on any atom is -0.491 e. The topological polar surface area (TPSA) is 69.7 Å². The minimum atomic E-state index is -0.342. The van der Waals surface area contributed by atoms with E-state index in [1.807, 2.05) is 38.1 Å². The number of anilines is 1. The Morgan fingerprint density at radius 2 is 1.86 bits per heavy atom. The molecule has 0 saturated carbocycles. The van der Waals surface area contributed by atoms with Crippen LogP contribution in [0.3, 0.4) is 0 Å². The Labute approximate surface area is 177 Å². The lowest BCUT2D eigenvalue weighted by atomic mass is 10.2. The quantitative estimate of drug-likeness (QED) is 0.596. The lowest BCUT2D eigenvalue weighted by Crippen LogP contribution is -2.17. The number of amides is 1. The molecular formula is C21H19ClN2O4S. The number of carbonyl (C=O) groups excluding carboxylic acids is 1. The number of benzene rings is 2. The van der Waals surface area contributed by atoms with Crippen molar-refractivity contribution in [2.75, 3.05) is 18.5 Å². The van der Waals surface area contributed by atoms with Crippen molar-refractivity contribution in [1.29, 1.82) is 0 Å². The third kappa shape index (κ3) is 4.46. The van der Waals surface area contributed by atoms with Gasteiger partial charge in [-0.1, -0.05) is 11.6 Å². The standard InChI is InChI=1S/C21H19ClN2O4S/c1-12(2)28-14-5-3-13(4-6-14)21-24-17(11-29-21)20(25)23-16-10-19-18(9-15(16)22)26-7-8-27-19/h3-6,9-12H,7-8H2,1-2H3,(H,23,25). The van der Waals surface area contributed by atoms with Gasteiger partial charge in [0.1, 0.15) is 29.7 Å². The van der Waals surface area contributed by atoms with Crippen LogP contribution in [0, 0.1) is 0 Å². The number of nitrogens with one attached hydrogen (secondary N) is 1. The minimum absolute atomic E-state index is 0.114. The van der Waals surface area contributed by atoms with E-state index in [0.717, 1.165) is 16.3 Å². The van der Waals surface area contributed by atoms with E-state index < -0.39 is 0 Å². The van der Waals surface area contributed by atoms with Crippen LogP contribution < -0.4 is 19.5 Å². The van der Waals surface area contributed by atoms with Crippen molar-refractivity contribution in [3.8, 4) is 27.8 Å². The van der Waals surface area contributed by atoms with Crippen molar-refractivity contribution in [3.63, 3.8) is 0 Å². The third-order valence-electron chi connectivity index (χ3n) is 4.09. The van der Waals surface area contributed by atoms with Crippen molar-refractivity contribution < 1.29 is 19.0 Å². The second-order valence-corrected chi connectivity index (χ2v) is 7.92. The van der Waals surface area contributed by atoms with Gasteiger partial charge in [-0.15, -0.1) is 11.3 Å². The molecule has 0 fully saturated rings. The van der Waals surface area contributed by atoms with Crippen LogP contribution in [0.5, 0.6) is 17.2 Å². The smallest absolute Gasteiger partial charge is 0.275 e. The molecule has 1 aromatic heterocycles. The van der Waals surface area contributed by atoms with Gasteiger partial charge in [-0.3, -0.25) is 4.79 Å². The number of fused-ring (bicyclic) bond motifs is 1. The number of hydrogen-bond donors (Lipinski definition) is 1. The molecule has 0 bridgehead atoms. The maximum absolute atomic E-state index is 12.6. The number of carbonyl (C=O) groups is 1. The van der Waals surface area contributed by atoms with Crippen LogP contribution in [0.4, 0.5) is 5.69 Å². The SMILES string of the molecule is CC(C)Oc1ccc(-c2nc(C(=O)Nc3cc4c(cc3Cl)OCCO4)cs2)cc1. The number of aromatic nitrogens is 1. The average Bonchev–Trinajstić information content (AvgIpc) is 3.19. The van der Waals surface area contributed by atoms with Gasteiger partial charge in [0.2, 0.25) is 0 Å². The summed E-state index contributed by atoms with van der Waals surface area (Å²) < 4.78 is 16.7. The van der Waals surface area contributed by atoms with Crippen LogP contribution in [-0.4, -0.2) is 30.2 Å². The van der Waals surface area contributed by atoms with Crippen LogP contribution in [0.1, 0.15) is 24.3 Å². The highest BCUT2D eigenvalue weighted by atomic mass is 35.5. The highest BCUT2D eigenvalue weighted by molar-refractivity contribution is 7.13. The Hall–Kier alpha value is -2.77. The summed E-state index contributed by atoms with van der Waals surface area (Å²) in [5.74, 6) is 1.58. The second-order valence-electron chi connectivity index (χ2n) is 6.66. The van der Waals surface area contributed by atoms with E-state index in [0.29, 0.717) is 41.1 Å². The fraction of sp³-hybridized carbons (Fsp3) is 0.238. The van der Waals surface area contributed by atoms with E-state index in [2.05, 4.69) is 10.3 Å². The van der Waals surface area contributed by atoms with Crippen LogP contribution >= 0.6 is 22.9 Å². The zero-order valence-electron chi connectivity index (χ0n) is 15.9. The summed E-state index contributed by atoms with van der Waals surface area (Å²) in [4.78, 5) is 17.1. The van der Waals surface area contributed by atoms with Crippen LogP contribution in [-0.2, 0) is 0 Å². The number of hydrogen-bond acceptors (Lipinski definition) is 6. The number of rotatable bonds is 5. The van der Waals surface area contributed by atoms with Crippen molar-refractivity contribution in [3.05, 3.63) is 52.5 Å². The number of halogens is 1. The Morgan fingerprint density at radius 3 is 2.55 bits per heavy atom. The van der Waals surface area contributed by atoms with Crippen LogP contribution in [0.15, 0.2) is 41.8 Å². The van der Waals surface area contributed by atoms with Gasteiger partial charge < -0.3 is 19.5 Å². The van der Waals surface area contributed by atoms with Gasteiger partial charge in [0.05, 0.1) is 16.8 Å². The first-order valence-corrected chi connectivity index (χ1v) is 10.4. The molecule has 0 unspecified atom stereocenters. The summed E-state index contributed by atoms with van der Waals surface area (Å²) in [7, 11) is 0. The largest absolute Gasteiger partial charge is 0.491 e. The molecule has 0 aliphatic carbocycles. The zero-order chi connectivity index (χ0) is 20.4. The summed E-state index contributed by atoms with van der Waals surface area (Å²) in [6.45, 7) is 4.89. The zero-order valence-corrected chi connectivity index (χ0v) is 17.5. The summed E-state index contributed by atoms with van der Waals surface area (Å²) in [5, 5.41) is 5.63. The molecule has 1 aliphatic rings. The maximum Gasteiger partial charge on any atom is 0.275 e. The molecule has 150 valence electrons. The van der Waals surface area contributed by atoms with Crippen LogP contribution in [0.2, 0.25) is 5.02 Å². The lowest BCUT2D eigenvalue weighted by Gasteiger charge is -2.19. The fourth-order valence-corrected chi connectivity index (χ4v) is 3.81. The average molecular weight is 431 g/mol. The van der Waals surface area contributed by atoms with Gasteiger partial charge in [0.15, 0.2) is 11.5 Å². The van der Waals surface area contributed by atoms with Gasteiger partial charge >= 0.3 is 0 Å².